The molecule has 4 heteroatoms. The number of carbonyl (C=O) groups is 2. The summed E-state index contributed by atoms with van der Waals surface area (Å²) in [4.78, 5) is 22.0. The van der Waals surface area contributed by atoms with Crippen molar-refractivity contribution in [2.45, 2.75) is 49.0 Å². The zero-order chi connectivity index (χ0) is 9.97. The SMILES string of the molecule is O=C1CC(SC2CCCCC2)C(=O)O1. The summed E-state index contributed by atoms with van der Waals surface area (Å²) in [5.74, 6) is -0.686. The minimum absolute atomic E-state index is 0.217. The van der Waals surface area contributed by atoms with Gasteiger partial charge in [0.15, 0.2) is 0 Å². The predicted molar refractivity (Wildman–Crippen MR) is 54.0 cm³/mol. The highest BCUT2D eigenvalue weighted by Crippen LogP contribution is 2.34. The molecule has 0 bridgehead atoms. The Balaban J connectivity index is 1.84. The lowest BCUT2D eigenvalue weighted by atomic mass is 10.0. The highest BCUT2D eigenvalue weighted by molar-refractivity contribution is 8.01. The Kier molecular flexibility index (Phi) is 3.11. The van der Waals surface area contributed by atoms with Crippen LogP contribution in [0.3, 0.4) is 0 Å². The van der Waals surface area contributed by atoms with Gasteiger partial charge in [-0.1, -0.05) is 19.3 Å². The Morgan fingerprint density at radius 1 is 1.14 bits per heavy atom. The zero-order valence-corrected chi connectivity index (χ0v) is 8.85. The molecule has 2 aliphatic rings. The molecular weight excluding hydrogens is 200 g/mol. The molecule has 0 amide bonds. The van der Waals surface area contributed by atoms with Crippen molar-refractivity contribution >= 4 is 23.7 Å². The minimum Gasteiger partial charge on any atom is -0.392 e. The third-order valence-corrected chi connectivity index (χ3v) is 4.28. The molecule has 1 atom stereocenters. The van der Waals surface area contributed by atoms with Crippen LogP contribution in [0.4, 0.5) is 0 Å². The summed E-state index contributed by atoms with van der Waals surface area (Å²) in [6.45, 7) is 0. The molecule has 0 N–H and O–H groups in total. The Bertz CT molecular complexity index is 246. The molecule has 0 aromatic carbocycles. The molecule has 0 aromatic rings. The van der Waals surface area contributed by atoms with Gasteiger partial charge >= 0.3 is 11.9 Å². The van der Waals surface area contributed by atoms with Crippen LogP contribution in [-0.2, 0) is 14.3 Å². The van der Waals surface area contributed by atoms with Crippen LogP contribution in [0.5, 0.6) is 0 Å². The number of carbonyl (C=O) groups excluding carboxylic acids is 2. The maximum atomic E-state index is 11.2. The molecule has 1 aliphatic carbocycles. The van der Waals surface area contributed by atoms with E-state index in [1.165, 1.54) is 32.1 Å². The Hall–Kier alpha value is -0.510. The summed E-state index contributed by atoms with van der Waals surface area (Å²) in [6.07, 6.45) is 6.47. The zero-order valence-electron chi connectivity index (χ0n) is 8.03. The van der Waals surface area contributed by atoms with Gasteiger partial charge in [-0.05, 0) is 12.8 Å². The van der Waals surface area contributed by atoms with Gasteiger partial charge in [-0.25, -0.2) is 0 Å². The van der Waals surface area contributed by atoms with Crippen molar-refractivity contribution in [1.29, 1.82) is 0 Å². The topological polar surface area (TPSA) is 43.4 Å². The van der Waals surface area contributed by atoms with Crippen LogP contribution >= 0.6 is 11.8 Å². The summed E-state index contributed by atoms with van der Waals surface area (Å²) in [5, 5.41) is 0.345. The first-order valence-corrected chi connectivity index (χ1v) is 6.10. The normalized spacial score (nSPS) is 29.3. The van der Waals surface area contributed by atoms with Gasteiger partial charge in [0.05, 0.1) is 6.42 Å². The van der Waals surface area contributed by atoms with Crippen molar-refractivity contribution in [3.05, 3.63) is 0 Å². The van der Waals surface area contributed by atoms with Gasteiger partial charge in [0, 0.05) is 5.25 Å². The molecule has 1 saturated carbocycles. The van der Waals surface area contributed by atoms with Crippen LogP contribution in [0, 0.1) is 0 Å². The van der Waals surface area contributed by atoms with Gasteiger partial charge in [-0.15, -0.1) is 11.8 Å². The van der Waals surface area contributed by atoms with E-state index >= 15 is 0 Å². The highest BCUT2D eigenvalue weighted by Gasteiger charge is 2.35. The van der Waals surface area contributed by atoms with E-state index in [2.05, 4.69) is 4.74 Å². The van der Waals surface area contributed by atoms with E-state index in [1.54, 1.807) is 11.8 Å². The number of esters is 2. The van der Waals surface area contributed by atoms with E-state index in [4.69, 9.17) is 0 Å². The van der Waals surface area contributed by atoms with Crippen molar-refractivity contribution in [2.24, 2.45) is 0 Å². The lowest BCUT2D eigenvalue weighted by molar-refractivity contribution is -0.151. The van der Waals surface area contributed by atoms with Crippen molar-refractivity contribution in [3.8, 4) is 0 Å². The van der Waals surface area contributed by atoms with Crippen molar-refractivity contribution in [3.63, 3.8) is 0 Å². The summed E-state index contributed by atoms with van der Waals surface area (Å²) in [7, 11) is 0. The third-order valence-electron chi connectivity index (χ3n) is 2.74. The second kappa shape index (κ2) is 4.34. The fraction of sp³-hybridized carbons (Fsp3) is 0.800. The molecule has 2 fully saturated rings. The Labute approximate surface area is 87.6 Å². The number of ether oxygens (including phenoxy) is 1. The summed E-state index contributed by atoms with van der Waals surface area (Å²) < 4.78 is 4.52. The quantitative estimate of drug-likeness (QED) is 0.520. The largest absolute Gasteiger partial charge is 0.392 e. The first kappa shape index (κ1) is 10.0. The van der Waals surface area contributed by atoms with E-state index < -0.39 is 0 Å². The average Bonchev–Trinajstić information content (AvgIpc) is 2.47. The molecular formula is C10H14O3S. The molecule has 1 aliphatic heterocycles. The average molecular weight is 214 g/mol. The number of hydrogen-bond donors (Lipinski definition) is 0. The van der Waals surface area contributed by atoms with Crippen LogP contribution in [-0.4, -0.2) is 22.4 Å². The van der Waals surface area contributed by atoms with E-state index in [1.807, 2.05) is 0 Å². The van der Waals surface area contributed by atoms with E-state index in [0.29, 0.717) is 5.25 Å². The smallest absolute Gasteiger partial charge is 0.327 e. The molecule has 1 saturated heterocycles. The number of hydrogen-bond acceptors (Lipinski definition) is 4. The van der Waals surface area contributed by atoms with Crippen LogP contribution in [0.1, 0.15) is 38.5 Å². The maximum absolute atomic E-state index is 11.2. The standard InChI is InChI=1S/C10H14O3S/c11-9-6-8(10(12)13-9)14-7-4-2-1-3-5-7/h7-8H,1-6H2. The lowest BCUT2D eigenvalue weighted by Crippen LogP contribution is -2.17. The van der Waals surface area contributed by atoms with Crippen molar-refractivity contribution < 1.29 is 14.3 Å². The maximum Gasteiger partial charge on any atom is 0.327 e. The predicted octanol–water partition coefficient (Wildman–Crippen LogP) is 1.89. The first-order chi connectivity index (χ1) is 6.75. The second-order valence-electron chi connectivity index (χ2n) is 3.88. The van der Waals surface area contributed by atoms with E-state index in [9.17, 15) is 9.59 Å². The second-order valence-corrected chi connectivity index (χ2v) is 5.39. The van der Waals surface area contributed by atoms with Gasteiger partial charge in [-0.3, -0.25) is 9.59 Å². The summed E-state index contributed by atoms with van der Waals surface area (Å²) in [6, 6.07) is 0. The monoisotopic (exact) mass is 214 g/mol. The van der Waals surface area contributed by atoms with Gasteiger partial charge in [0.2, 0.25) is 0 Å². The molecule has 0 spiro atoms. The lowest BCUT2D eigenvalue weighted by Gasteiger charge is -2.22. The van der Waals surface area contributed by atoms with Crippen LogP contribution in [0.25, 0.3) is 0 Å². The summed E-state index contributed by atoms with van der Waals surface area (Å²) in [5.41, 5.74) is 0. The number of thioether (sulfide) groups is 1. The highest BCUT2D eigenvalue weighted by atomic mass is 32.2. The Morgan fingerprint density at radius 3 is 2.43 bits per heavy atom. The van der Waals surface area contributed by atoms with Gasteiger partial charge in [0.1, 0.15) is 5.25 Å². The van der Waals surface area contributed by atoms with Gasteiger partial charge in [0.25, 0.3) is 0 Å². The van der Waals surface area contributed by atoms with E-state index in [-0.39, 0.29) is 23.6 Å². The van der Waals surface area contributed by atoms with Crippen molar-refractivity contribution in [1.82, 2.24) is 0 Å². The fourth-order valence-corrected chi connectivity index (χ4v) is 3.45. The van der Waals surface area contributed by atoms with Gasteiger partial charge < -0.3 is 4.74 Å². The third kappa shape index (κ3) is 2.29. The molecule has 3 nitrogen and oxygen atoms in total. The number of rotatable bonds is 2. The van der Waals surface area contributed by atoms with Crippen molar-refractivity contribution in [2.75, 3.05) is 0 Å². The van der Waals surface area contributed by atoms with Gasteiger partial charge in [-0.2, -0.15) is 0 Å². The Morgan fingerprint density at radius 2 is 1.86 bits per heavy atom. The molecule has 78 valence electrons. The fourth-order valence-electron chi connectivity index (χ4n) is 1.99. The van der Waals surface area contributed by atoms with Crippen LogP contribution in [0.2, 0.25) is 0 Å². The van der Waals surface area contributed by atoms with Crippen LogP contribution < -0.4 is 0 Å². The number of cyclic esters (lactones) is 2. The minimum atomic E-state index is -0.358. The molecule has 0 radical (unpaired) electrons. The molecule has 14 heavy (non-hydrogen) atoms. The molecule has 0 aromatic heterocycles. The summed E-state index contributed by atoms with van der Waals surface area (Å²) >= 11 is 1.64. The first-order valence-electron chi connectivity index (χ1n) is 5.15. The van der Waals surface area contributed by atoms with Crippen LogP contribution in [0.15, 0.2) is 0 Å². The molecule has 1 heterocycles. The molecule has 1 unspecified atom stereocenters. The van der Waals surface area contributed by atoms with E-state index in [0.717, 1.165) is 0 Å². The molecule has 2 rings (SSSR count).